The predicted octanol–water partition coefficient (Wildman–Crippen LogP) is 0.540. The van der Waals surface area contributed by atoms with E-state index in [1.54, 1.807) is 26.1 Å². The number of carbonyl (C=O) groups excluding carboxylic acids is 1. The molecular formula is C14H28N4O2S. The second-order valence-electron chi connectivity index (χ2n) is 5.38. The Labute approximate surface area is 132 Å². The van der Waals surface area contributed by atoms with Gasteiger partial charge in [-0.15, -0.1) is 0 Å². The quantitative estimate of drug-likeness (QED) is 0.408. The van der Waals surface area contributed by atoms with Crippen LogP contribution in [0.1, 0.15) is 19.3 Å². The molecule has 0 heterocycles. The van der Waals surface area contributed by atoms with Gasteiger partial charge in [0.2, 0.25) is 5.91 Å². The van der Waals surface area contributed by atoms with Crippen molar-refractivity contribution in [2.24, 2.45) is 4.99 Å². The number of rotatable bonds is 7. The van der Waals surface area contributed by atoms with Crippen LogP contribution in [-0.4, -0.2) is 75.2 Å². The van der Waals surface area contributed by atoms with Crippen LogP contribution in [0.2, 0.25) is 0 Å². The van der Waals surface area contributed by atoms with Crippen molar-refractivity contribution in [3.05, 3.63) is 0 Å². The summed E-state index contributed by atoms with van der Waals surface area (Å²) in [7, 11) is 5.15. The smallest absolute Gasteiger partial charge is 0.243 e. The van der Waals surface area contributed by atoms with Crippen LogP contribution in [-0.2, 0) is 9.53 Å². The maximum Gasteiger partial charge on any atom is 0.243 e. The summed E-state index contributed by atoms with van der Waals surface area (Å²) in [5.41, 5.74) is 0. The number of nitrogens with one attached hydrogen (secondary N) is 2. The van der Waals surface area contributed by atoms with Crippen LogP contribution >= 0.6 is 11.8 Å². The van der Waals surface area contributed by atoms with Crippen molar-refractivity contribution in [3.63, 3.8) is 0 Å². The number of likely N-dealkylation sites (N-methyl/N-ethyl adjacent to an activating group) is 1. The molecule has 0 bridgehead atoms. The van der Waals surface area contributed by atoms with Crippen LogP contribution < -0.4 is 10.6 Å². The Morgan fingerprint density at radius 3 is 2.76 bits per heavy atom. The minimum Gasteiger partial charge on any atom is -0.383 e. The number of ether oxygens (including phenoxy) is 1. The van der Waals surface area contributed by atoms with Gasteiger partial charge < -0.3 is 20.3 Å². The van der Waals surface area contributed by atoms with Gasteiger partial charge in [0.1, 0.15) is 6.54 Å². The third-order valence-corrected chi connectivity index (χ3v) is 4.62. The Morgan fingerprint density at radius 1 is 1.43 bits per heavy atom. The molecular weight excluding hydrogens is 288 g/mol. The molecule has 1 rings (SSSR count). The average Bonchev–Trinajstić information content (AvgIpc) is 2.91. The molecule has 122 valence electrons. The maximum absolute atomic E-state index is 11.6. The number of hydrogen-bond acceptors (Lipinski definition) is 4. The monoisotopic (exact) mass is 316 g/mol. The summed E-state index contributed by atoms with van der Waals surface area (Å²) in [5, 5.41) is 7.37. The van der Waals surface area contributed by atoms with Crippen LogP contribution in [0.4, 0.5) is 0 Å². The van der Waals surface area contributed by atoms with Crippen LogP contribution in [0.25, 0.3) is 0 Å². The van der Waals surface area contributed by atoms with Gasteiger partial charge in [-0.2, -0.15) is 11.8 Å². The average molecular weight is 316 g/mol. The highest BCUT2D eigenvalue weighted by Gasteiger charge is 2.24. The van der Waals surface area contributed by atoms with Gasteiger partial charge in [0.05, 0.1) is 6.61 Å². The zero-order chi connectivity index (χ0) is 15.7. The Kier molecular flexibility index (Phi) is 8.52. The summed E-state index contributed by atoms with van der Waals surface area (Å²) in [6, 6.07) is 0.436. The van der Waals surface area contributed by atoms with E-state index in [0.29, 0.717) is 25.2 Å². The van der Waals surface area contributed by atoms with E-state index in [-0.39, 0.29) is 12.5 Å². The second kappa shape index (κ2) is 9.89. The molecule has 7 heteroatoms. The fourth-order valence-corrected chi connectivity index (χ4v) is 2.99. The first-order valence-electron chi connectivity index (χ1n) is 7.33. The molecule has 0 saturated heterocycles. The lowest BCUT2D eigenvalue weighted by molar-refractivity contribution is -0.127. The number of hydrogen-bond donors (Lipinski definition) is 2. The van der Waals surface area contributed by atoms with Gasteiger partial charge in [0.25, 0.3) is 0 Å². The molecule has 0 aromatic heterocycles. The largest absolute Gasteiger partial charge is 0.383 e. The molecule has 2 unspecified atom stereocenters. The molecule has 1 aliphatic carbocycles. The van der Waals surface area contributed by atoms with Crippen molar-refractivity contribution in [1.29, 1.82) is 0 Å². The van der Waals surface area contributed by atoms with Crippen molar-refractivity contribution in [1.82, 2.24) is 15.5 Å². The Hall–Kier alpha value is -0.950. The molecule has 1 aliphatic rings. The first-order valence-corrected chi connectivity index (χ1v) is 8.62. The molecule has 1 amide bonds. The zero-order valence-electron chi connectivity index (χ0n) is 13.5. The van der Waals surface area contributed by atoms with Crippen LogP contribution in [0.3, 0.4) is 0 Å². The molecule has 6 nitrogen and oxygen atoms in total. The van der Waals surface area contributed by atoms with Crippen LogP contribution in [0.15, 0.2) is 4.99 Å². The van der Waals surface area contributed by atoms with Gasteiger partial charge in [0, 0.05) is 39.0 Å². The number of thioether (sulfide) groups is 1. The third-order valence-electron chi connectivity index (χ3n) is 3.53. The summed E-state index contributed by atoms with van der Waals surface area (Å²) in [6.45, 7) is 1.45. The van der Waals surface area contributed by atoms with Gasteiger partial charge in [-0.05, 0) is 25.5 Å². The molecule has 0 aliphatic heterocycles. The van der Waals surface area contributed by atoms with Crippen LogP contribution in [0.5, 0.6) is 0 Å². The van der Waals surface area contributed by atoms with Gasteiger partial charge in [-0.1, -0.05) is 0 Å². The van der Waals surface area contributed by atoms with Crippen molar-refractivity contribution < 1.29 is 9.53 Å². The third kappa shape index (κ3) is 7.04. The molecule has 0 aromatic carbocycles. The van der Waals surface area contributed by atoms with E-state index in [0.717, 1.165) is 18.1 Å². The highest BCUT2D eigenvalue weighted by molar-refractivity contribution is 7.99. The van der Waals surface area contributed by atoms with E-state index >= 15 is 0 Å². The SMILES string of the molecule is COCCNC(=NCC(=O)N(C)C)NC1CCC(SC)C1. The Morgan fingerprint density at radius 2 is 2.19 bits per heavy atom. The molecule has 21 heavy (non-hydrogen) atoms. The molecule has 1 fully saturated rings. The molecule has 1 saturated carbocycles. The standard InChI is InChI=1S/C14H28N4O2S/c1-18(2)13(19)10-16-14(15-7-8-20-3)17-11-5-6-12(9-11)21-4/h11-12H,5-10H2,1-4H3,(H2,15,16,17). The lowest BCUT2D eigenvalue weighted by atomic mass is 10.2. The van der Waals surface area contributed by atoms with Gasteiger partial charge >= 0.3 is 0 Å². The second-order valence-corrected chi connectivity index (χ2v) is 6.52. The summed E-state index contributed by atoms with van der Waals surface area (Å²) < 4.78 is 5.04. The predicted molar refractivity (Wildman–Crippen MR) is 89.0 cm³/mol. The zero-order valence-corrected chi connectivity index (χ0v) is 14.3. The van der Waals surface area contributed by atoms with E-state index in [9.17, 15) is 4.79 Å². The first kappa shape index (κ1) is 18.1. The molecule has 2 N–H and O–H groups in total. The Bertz CT molecular complexity index is 350. The summed E-state index contributed by atoms with van der Waals surface area (Å²) >= 11 is 1.93. The van der Waals surface area contributed by atoms with E-state index in [1.165, 1.54) is 6.42 Å². The molecule has 0 radical (unpaired) electrons. The van der Waals surface area contributed by atoms with Crippen molar-refractivity contribution in [2.75, 3.05) is 47.2 Å². The summed E-state index contributed by atoms with van der Waals surface area (Å²) in [6.07, 6.45) is 5.70. The normalized spacial score (nSPS) is 22.2. The topological polar surface area (TPSA) is 66.0 Å². The number of nitrogens with zero attached hydrogens (tertiary/aromatic N) is 2. The molecule has 0 spiro atoms. The highest BCUT2D eigenvalue weighted by Crippen LogP contribution is 2.27. The van der Waals surface area contributed by atoms with Crippen molar-refractivity contribution in [2.45, 2.75) is 30.6 Å². The first-order chi connectivity index (χ1) is 10.1. The number of carbonyl (C=O) groups is 1. The molecule has 0 aromatic rings. The summed E-state index contributed by atoms with van der Waals surface area (Å²) in [4.78, 5) is 17.6. The van der Waals surface area contributed by atoms with Gasteiger partial charge in [0.15, 0.2) is 5.96 Å². The molecule has 2 atom stereocenters. The van der Waals surface area contributed by atoms with E-state index < -0.39 is 0 Å². The van der Waals surface area contributed by atoms with E-state index in [2.05, 4.69) is 21.9 Å². The Balaban J connectivity index is 2.51. The van der Waals surface area contributed by atoms with E-state index in [4.69, 9.17) is 4.74 Å². The lowest BCUT2D eigenvalue weighted by Crippen LogP contribution is -2.44. The minimum absolute atomic E-state index is 0.00347. The number of methoxy groups -OCH3 is 1. The fourth-order valence-electron chi connectivity index (χ4n) is 2.19. The number of guanidine groups is 1. The van der Waals surface area contributed by atoms with Crippen molar-refractivity contribution in [3.8, 4) is 0 Å². The maximum atomic E-state index is 11.6. The lowest BCUT2D eigenvalue weighted by Gasteiger charge is -2.18. The van der Waals surface area contributed by atoms with Gasteiger partial charge in [-0.25, -0.2) is 4.99 Å². The van der Waals surface area contributed by atoms with Gasteiger partial charge in [-0.3, -0.25) is 4.79 Å². The van der Waals surface area contributed by atoms with Crippen LogP contribution in [0, 0.1) is 0 Å². The highest BCUT2D eigenvalue weighted by atomic mass is 32.2. The minimum atomic E-state index is -0.00347. The van der Waals surface area contributed by atoms with E-state index in [1.807, 2.05) is 11.8 Å². The summed E-state index contributed by atoms with van der Waals surface area (Å²) in [5.74, 6) is 0.699. The number of aliphatic imine (C=N–C) groups is 1. The van der Waals surface area contributed by atoms with Crippen molar-refractivity contribution >= 4 is 23.6 Å². The fraction of sp³-hybridized carbons (Fsp3) is 0.857. The number of amides is 1.